The molecule has 2 aromatic rings. The monoisotopic (exact) mass is 214 g/mol. The first-order valence-electron chi connectivity index (χ1n) is 4.81. The van der Waals surface area contributed by atoms with Crippen LogP contribution in [0.3, 0.4) is 0 Å². The van der Waals surface area contributed by atoms with Gasteiger partial charge in [-0.1, -0.05) is 12.1 Å². The lowest BCUT2D eigenvalue weighted by molar-refractivity contribution is 0.0958. The molecule has 0 radical (unpaired) electrons. The van der Waals surface area contributed by atoms with Crippen molar-refractivity contribution in [3.05, 3.63) is 41.7 Å². The number of nitrogens with one attached hydrogen (secondary N) is 1. The molecule has 80 valence electrons. The van der Waals surface area contributed by atoms with Gasteiger partial charge in [0.1, 0.15) is 12.0 Å². The number of amides is 1. The van der Waals surface area contributed by atoms with Crippen molar-refractivity contribution < 1.29 is 9.59 Å². The topological polar surface area (TPSA) is 59.1 Å². The molecule has 0 aliphatic carbocycles. The molecule has 0 aliphatic heterocycles. The number of benzene rings is 1. The van der Waals surface area contributed by atoms with Gasteiger partial charge in [-0.2, -0.15) is 0 Å². The van der Waals surface area contributed by atoms with E-state index in [4.69, 9.17) is 0 Å². The largest absolute Gasteiger partial charge is 0.354 e. The van der Waals surface area contributed by atoms with Crippen LogP contribution < -0.4 is 5.32 Å². The van der Waals surface area contributed by atoms with Crippen LogP contribution in [0.25, 0.3) is 10.8 Å². The zero-order valence-corrected chi connectivity index (χ0v) is 8.73. The normalized spacial score (nSPS) is 10.1. The number of aldehydes is 1. The fourth-order valence-electron chi connectivity index (χ4n) is 1.49. The quantitative estimate of drug-likeness (QED) is 0.769. The highest BCUT2D eigenvalue weighted by Gasteiger charge is 2.05. The maximum atomic E-state index is 11.4. The maximum absolute atomic E-state index is 11.4. The zero-order valence-electron chi connectivity index (χ0n) is 8.73. The van der Waals surface area contributed by atoms with Crippen molar-refractivity contribution in [3.63, 3.8) is 0 Å². The van der Waals surface area contributed by atoms with E-state index < -0.39 is 0 Å². The van der Waals surface area contributed by atoms with Gasteiger partial charge < -0.3 is 5.32 Å². The molecule has 4 nitrogen and oxygen atoms in total. The van der Waals surface area contributed by atoms with E-state index >= 15 is 0 Å². The van der Waals surface area contributed by atoms with Gasteiger partial charge in [0.2, 0.25) is 0 Å². The number of carbonyl (C=O) groups excluding carboxylic acids is 2. The molecule has 2 rings (SSSR count). The first-order chi connectivity index (χ1) is 7.74. The molecule has 4 heteroatoms. The highest BCUT2D eigenvalue weighted by Crippen LogP contribution is 2.15. The fourth-order valence-corrected chi connectivity index (χ4v) is 1.49. The van der Waals surface area contributed by atoms with Crippen LogP contribution in [0, 0.1) is 0 Å². The summed E-state index contributed by atoms with van der Waals surface area (Å²) >= 11 is 0. The van der Waals surface area contributed by atoms with E-state index in [-0.39, 0.29) is 5.91 Å². The Balaban J connectivity index is 2.55. The Morgan fingerprint density at radius 1 is 1.31 bits per heavy atom. The number of hydrogen-bond acceptors (Lipinski definition) is 3. The second kappa shape index (κ2) is 4.10. The molecule has 0 saturated carbocycles. The lowest BCUT2D eigenvalue weighted by Gasteiger charge is -2.02. The summed E-state index contributed by atoms with van der Waals surface area (Å²) in [5.41, 5.74) is 0.968. The van der Waals surface area contributed by atoms with Crippen molar-refractivity contribution in [2.45, 2.75) is 0 Å². The molecule has 1 N–H and O–H groups in total. The van der Waals surface area contributed by atoms with Crippen LogP contribution in [-0.2, 0) is 0 Å². The van der Waals surface area contributed by atoms with E-state index in [0.29, 0.717) is 11.3 Å². The average molecular weight is 214 g/mol. The first kappa shape index (κ1) is 10.3. The Morgan fingerprint density at radius 3 is 2.81 bits per heavy atom. The van der Waals surface area contributed by atoms with Crippen LogP contribution in [-0.4, -0.2) is 24.2 Å². The molecule has 1 aromatic heterocycles. The number of carbonyl (C=O) groups is 2. The molecule has 0 saturated heterocycles. The third kappa shape index (κ3) is 1.77. The summed E-state index contributed by atoms with van der Waals surface area (Å²) in [7, 11) is 1.56. The molecule has 1 heterocycles. The molecular formula is C12H10N2O2. The summed E-state index contributed by atoms with van der Waals surface area (Å²) in [6.45, 7) is 0. The minimum Gasteiger partial charge on any atom is -0.354 e. The smallest absolute Gasteiger partial charge is 0.269 e. The second-order valence-corrected chi connectivity index (χ2v) is 3.37. The Kier molecular flexibility index (Phi) is 2.64. The van der Waals surface area contributed by atoms with Gasteiger partial charge in [-0.25, -0.2) is 0 Å². The minimum atomic E-state index is -0.221. The van der Waals surface area contributed by atoms with Crippen molar-refractivity contribution in [1.29, 1.82) is 0 Å². The number of nitrogens with zero attached hydrogens (tertiary/aromatic N) is 1. The van der Waals surface area contributed by atoms with Gasteiger partial charge in [0, 0.05) is 24.2 Å². The Labute approximate surface area is 92.3 Å². The standard InChI is InChI=1S/C12H10N2O2/c1-13-12(16)11-5-9-3-2-8(7-15)4-10(9)6-14-11/h2-7H,1H3,(H,13,16). The van der Waals surface area contributed by atoms with Crippen LogP contribution in [0.15, 0.2) is 30.5 Å². The van der Waals surface area contributed by atoms with E-state index in [1.807, 2.05) is 0 Å². The Bertz CT molecular complexity index is 564. The van der Waals surface area contributed by atoms with E-state index in [1.54, 1.807) is 37.5 Å². The van der Waals surface area contributed by atoms with Crippen molar-refractivity contribution in [3.8, 4) is 0 Å². The summed E-state index contributed by atoms with van der Waals surface area (Å²) in [5.74, 6) is -0.221. The van der Waals surface area contributed by atoms with Gasteiger partial charge >= 0.3 is 0 Å². The third-order valence-electron chi connectivity index (χ3n) is 2.34. The van der Waals surface area contributed by atoms with E-state index in [9.17, 15) is 9.59 Å². The van der Waals surface area contributed by atoms with Gasteiger partial charge in [-0.15, -0.1) is 0 Å². The number of fused-ring (bicyclic) bond motifs is 1. The molecule has 0 unspecified atom stereocenters. The van der Waals surface area contributed by atoms with Gasteiger partial charge in [0.05, 0.1) is 0 Å². The molecule has 1 amide bonds. The SMILES string of the molecule is CNC(=O)c1cc2ccc(C=O)cc2cn1. The number of hydrogen-bond donors (Lipinski definition) is 1. The predicted molar refractivity (Wildman–Crippen MR) is 60.5 cm³/mol. The van der Waals surface area contributed by atoms with Gasteiger partial charge in [0.15, 0.2) is 0 Å². The van der Waals surface area contributed by atoms with Gasteiger partial charge in [-0.3, -0.25) is 14.6 Å². The molecule has 16 heavy (non-hydrogen) atoms. The summed E-state index contributed by atoms with van der Waals surface area (Å²) < 4.78 is 0. The molecule has 0 aliphatic rings. The minimum absolute atomic E-state index is 0.221. The summed E-state index contributed by atoms with van der Waals surface area (Å²) in [6, 6.07) is 6.95. The van der Waals surface area contributed by atoms with Crippen molar-refractivity contribution in [2.24, 2.45) is 0 Å². The number of rotatable bonds is 2. The van der Waals surface area contributed by atoms with Crippen LogP contribution in [0.2, 0.25) is 0 Å². The van der Waals surface area contributed by atoms with E-state index in [2.05, 4.69) is 10.3 Å². The molecule has 0 atom stereocenters. The number of aromatic nitrogens is 1. The molecular weight excluding hydrogens is 204 g/mol. The first-order valence-corrected chi connectivity index (χ1v) is 4.81. The lowest BCUT2D eigenvalue weighted by Crippen LogP contribution is -2.18. The molecule has 0 spiro atoms. The van der Waals surface area contributed by atoms with Crippen LogP contribution >= 0.6 is 0 Å². The van der Waals surface area contributed by atoms with Gasteiger partial charge in [-0.05, 0) is 17.5 Å². The Hall–Kier alpha value is -2.23. The van der Waals surface area contributed by atoms with Crippen LogP contribution in [0.4, 0.5) is 0 Å². The predicted octanol–water partition coefficient (Wildman–Crippen LogP) is 1.41. The molecule has 1 aromatic carbocycles. The van der Waals surface area contributed by atoms with Crippen molar-refractivity contribution in [2.75, 3.05) is 7.05 Å². The fraction of sp³-hybridized carbons (Fsp3) is 0.0833. The van der Waals surface area contributed by atoms with Gasteiger partial charge in [0.25, 0.3) is 5.91 Å². The summed E-state index contributed by atoms with van der Waals surface area (Å²) in [4.78, 5) is 26.0. The Morgan fingerprint density at radius 2 is 2.12 bits per heavy atom. The summed E-state index contributed by atoms with van der Waals surface area (Å²) in [6.07, 6.45) is 2.37. The average Bonchev–Trinajstić information content (AvgIpc) is 2.36. The highest BCUT2D eigenvalue weighted by molar-refractivity contribution is 5.97. The molecule has 0 fully saturated rings. The van der Waals surface area contributed by atoms with Crippen LogP contribution in [0.1, 0.15) is 20.8 Å². The molecule has 0 bridgehead atoms. The maximum Gasteiger partial charge on any atom is 0.269 e. The third-order valence-corrected chi connectivity index (χ3v) is 2.34. The van der Waals surface area contributed by atoms with Crippen LogP contribution in [0.5, 0.6) is 0 Å². The summed E-state index contributed by atoms with van der Waals surface area (Å²) in [5, 5.41) is 4.24. The zero-order chi connectivity index (χ0) is 11.5. The second-order valence-electron chi connectivity index (χ2n) is 3.37. The van der Waals surface area contributed by atoms with Crippen molar-refractivity contribution >= 4 is 23.0 Å². The van der Waals surface area contributed by atoms with Crippen molar-refractivity contribution in [1.82, 2.24) is 10.3 Å². The van der Waals surface area contributed by atoms with E-state index in [0.717, 1.165) is 17.1 Å². The van der Waals surface area contributed by atoms with E-state index in [1.165, 1.54) is 0 Å². The number of pyridine rings is 1. The lowest BCUT2D eigenvalue weighted by atomic mass is 10.1. The highest BCUT2D eigenvalue weighted by atomic mass is 16.1.